The number of hydrogen-bond acceptors (Lipinski definition) is 2. The van der Waals surface area contributed by atoms with E-state index in [-0.39, 0.29) is 12.5 Å². The van der Waals surface area contributed by atoms with Crippen LogP contribution in [0.15, 0.2) is 36.4 Å². The second-order valence-corrected chi connectivity index (χ2v) is 5.69. The van der Waals surface area contributed by atoms with Gasteiger partial charge in [0, 0.05) is 15.7 Å². The fraction of sp³-hybridized carbons (Fsp3) is 0.133. The van der Waals surface area contributed by atoms with E-state index in [4.69, 9.17) is 34.8 Å². The molecule has 110 valence electrons. The first-order valence-corrected chi connectivity index (χ1v) is 7.34. The van der Waals surface area contributed by atoms with Crippen LogP contribution in [-0.2, 0) is 4.79 Å². The highest BCUT2D eigenvalue weighted by Crippen LogP contribution is 2.25. The van der Waals surface area contributed by atoms with Crippen molar-refractivity contribution >= 4 is 52.1 Å². The summed E-state index contributed by atoms with van der Waals surface area (Å²) in [7, 11) is 0. The highest BCUT2D eigenvalue weighted by molar-refractivity contribution is 6.36. The molecule has 0 aliphatic rings. The number of anilines is 2. The third-order valence-electron chi connectivity index (χ3n) is 2.91. The Labute approximate surface area is 138 Å². The van der Waals surface area contributed by atoms with Gasteiger partial charge in [-0.25, -0.2) is 0 Å². The normalized spacial score (nSPS) is 10.3. The van der Waals surface area contributed by atoms with E-state index < -0.39 is 0 Å². The van der Waals surface area contributed by atoms with Crippen LogP contribution in [0.3, 0.4) is 0 Å². The molecule has 21 heavy (non-hydrogen) atoms. The van der Waals surface area contributed by atoms with Crippen LogP contribution in [0.4, 0.5) is 11.4 Å². The lowest BCUT2D eigenvalue weighted by molar-refractivity contribution is -0.114. The topological polar surface area (TPSA) is 41.1 Å². The van der Waals surface area contributed by atoms with Crippen LogP contribution in [-0.4, -0.2) is 12.5 Å². The van der Waals surface area contributed by atoms with Crippen molar-refractivity contribution in [3.8, 4) is 0 Å². The molecule has 0 atom stereocenters. The van der Waals surface area contributed by atoms with Gasteiger partial charge in [-0.1, -0.05) is 40.9 Å². The first kappa shape index (κ1) is 16.0. The lowest BCUT2D eigenvalue weighted by atomic mass is 10.2. The summed E-state index contributed by atoms with van der Waals surface area (Å²) < 4.78 is 0. The van der Waals surface area contributed by atoms with E-state index in [1.54, 1.807) is 36.4 Å². The highest BCUT2D eigenvalue weighted by atomic mass is 35.5. The molecule has 2 aromatic rings. The number of benzene rings is 2. The SMILES string of the molecule is Cc1c(Cl)cccc1NC(=O)CNc1ccc(Cl)cc1Cl. The molecule has 0 aliphatic carbocycles. The summed E-state index contributed by atoms with van der Waals surface area (Å²) in [5.41, 5.74) is 2.17. The Hall–Kier alpha value is -1.42. The van der Waals surface area contributed by atoms with E-state index >= 15 is 0 Å². The van der Waals surface area contributed by atoms with Crippen molar-refractivity contribution in [2.24, 2.45) is 0 Å². The van der Waals surface area contributed by atoms with Gasteiger partial charge in [-0.3, -0.25) is 4.79 Å². The third kappa shape index (κ3) is 4.27. The first-order valence-electron chi connectivity index (χ1n) is 6.21. The fourth-order valence-corrected chi connectivity index (χ4v) is 2.40. The molecule has 0 saturated heterocycles. The average molecular weight is 344 g/mol. The van der Waals surface area contributed by atoms with Crippen LogP contribution in [0, 0.1) is 6.92 Å². The van der Waals surface area contributed by atoms with Gasteiger partial charge < -0.3 is 10.6 Å². The molecule has 0 aliphatic heterocycles. The Kier molecular flexibility index (Phi) is 5.34. The standard InChI is InChI=1S/C15H13Cl3N2O/c1-9-11(17)3-2-4-13(9)20-15(21)8-19-14-6-5-10(16)7-12(14)18/h2-7,19H,8H2,1H3,(H,20,21). The molecule has 0 aromatic heterocycles. The minimum atomic E-state index is -0.189. The summed E-state index contributed by atoms with van der Waals surface area (Å²) in [5, 5.41) is 7.38. The molecule has 2 aromatic carbocycles. The second kappa shape index (κ2) is 7.03. The number of hydrogen-bond donors (Lipinski definition) is 2. The number of amides is 1. The number of halogens is 3. The molecule has 0 bridgehead atoms. The van der Waals surface area contributed by atoms with Gasteiger partial charge in [0.2, 0.25) is 5.91 Å². The minimum absolute atomic E-state index is 0.0906. The zero-order valence-corrected chi connectivity index (χ0v) is 13.5. The van der Waals surface area contributed by atoms with E-state index in [9.17, 15) is 4.79 Å². The van der Waals surface area contributed by atoms with Gasteiger partial charge in [0.05, 0.1) is 17.3 Å². The number of rotatable bonds is 4. The van der Waals surface area contributed by atoms with Crippen LogP contribution in [0.1, 0.15) is 5.56 Å². The maximum atomic E-state index is 11.9. The van der Waals surface area contributed by atoms with Gasteiger partial charge in [-0.2, -0.15) is 0 Å². The molecular formula is C15H13Cl3N2O. The van der Waals surface area contributed by atoms with Gasteiger partial charge >= 0.3 is 0 Å². The van der Waals surface area contributed by atoms with Crippen molar-refractivity contribution in [2.45, 2.75) is 6.92 Å². The summed E-state index contributed by atoms with van der Waals surface area (Å²) in [4.78, 5) is 11.9. The van der Waals surface area contributed by atoms with Crippen molar-refractivity contribution in [3.63, 3.8) is 0 Å². The maximum absolute atomic E-state index is 11.9. The summed E-state index contributed by atoms with van der Waals surface area (Å²) >= 11 is 17.8. The molecule has 0 unspecified atom stereocenters. The lowest BCUT2D eigenvalue weighted by Crippen LogP contribution is -2.22. The third-order valence-corrected chi connectivity index (χ3v) is 3.87. The maximum Gasteiger partial charge on any atom is 0.243 e. The van der Waals surface area contributed by atoms with Gasteiger partial charge in [-0.05, 0) is 42.8 Å². The molecule has 6 heteroatoms. The quantitative estimate of drug-likeness (QED) is 0.819. The molecule has 0 spiro atoms. The van der Waals surface area contributed by atoms with Gasteiger partial charge in [-0.15, -0.1) is 0 Å². The second-order valence-electron chi connectivity index (χ2n) is 4.44. The smallest absolute Gasteiger partial charge is 0.243 e. The summed E-state index contributed by atoms with van der Waals surface area (Å²) in [6, 6.07) is 10.4. The lowest BCUT2D eigenvalue weighted by Gasteiger charge is -2.11. The Balaban J connectivity index is 1.97. The molecule has 0 heterocycles. The van der Waals surface area contributed by atoms with Crippen LogP contribution in [0.25, 0.3) is 0 Å². The molecule has 0 fully saturated rings. The number of carbonyl (C=O) groups excluding carboxylic acids is 1. The first-order chi connectivity index (χ1) is 9.97. The molecule has 1 amide bonds. The van der Waals surface area contributed by atoms with Crippen molar-refractivity contribution in [1.29, 1.82) is 0 Å². The van der Waals surface area contributed by atoms with Crippen LogP contribution < -0.4 is 10.6 Å². The van der Waals surface area contributed by atoms with Crippen molar-refractivity contribution in [1.82, 2.24) is 0 Å². The number of nitrogens with one attached hydrogen (secondary N) is 2. The van der Waals surface area contributed by atoms with Crippen molar-refractivity contribution in [2.75, 3.05) is 17.2 Å². The van der Waals surface area contributed by atoms with Crippen LogP contribution >= 0.6 is 34.8 Å². The summed E-state index contributed by atoms with van der Waals surface area (Å²) in [6.07, 6.45) is 0. The monoisotopic (exact) mass is 342 g/mol. The Morgan fingerprint density at radius 2 is 1.81 bits per heavy atom. The van der Waals surface area contributed by atoms with Crippen molar-refractivity contribution in [3.05, 3.63) is 57.0 Å². The van der Waals surface area contributed by atoms with E-state index in [0.717, 1.165) is 5.56 Å². The van der Waals surface area contributed by atoms with E-state index in [1.165, 1.54) is 0 Å². The fourth-order valence-electron chi connectivity index (χ4n) is 1.75. The van der Waals surface area contributed by atoms with E-state index in [1.807, 2.05) is 6.92 Å². The summed E-state index contributed by atoms with van der Waals surface area (Å²) in [5.74, 6) is -0.189. The predicted molar refractivity (Wildman–Crippen MR) is 89.8 cm³/mol. The van der Waals surface area contributed by atoms with Gasteiger partial charge in [0.1, 0.15) is 0 Å². The van der Waals surface area contributed by atoms with Gasteiger partial charge in [0.25, 0.3) is 0 Å². The molecule has 3 nitrogen and oxygen atoms in total. The zero-order chi connectivity index (χ0) is 15.4. The number of carbonyl (C=O) groups is 1. The van der Waals surface area contributed by atoms with Gasteiger partial charge in [0.15, 0.2) is 0 Å². The highest BCUT2D eigenvalue weighted by Gasteiger charge is 2.08. The average Bonchev–Trinajstić information content (AvgIpc) is 2.43. The Bertz CT molecular complexity index is 674. The van der Waals surface area contributed by atoms with Crippen LogP contribution in [0.5, 0.6) is 0 Å². The zero-order valence-electron chi connectivity index (χ0n) is 11.2. The van der Waals surface area contributed by atoms with Crippen LogP contribution in [0.2, 0.25) is 15.1 Å². The van der Waals surface area contributed by atoms with E-state index in [0.29, 0.717) is 26.4 Å². The molecule has 0 radical (unpaired) electrons. The minimum Gasteiger partial charge on any atom is -0.375 e. The molecule has 0 saturated carbocycles. The van der Waals surface area contributed by atoms with Crippen molar-refractivity contribution < 1.29 is 4.79 Å². The predicted octanol–water partition coefficient (Wildman–Crippen LogP) is 5.01. The Morgan fingerprint density at radius 1 is 1.05 bits per heavy atom. The molecule has 2 rings (SSSR count). The molecular weight excluding hydrogens is 331 g/mol. The Morgan fingerprint density at radius 3 is 2.52 bits per heavy atom. The summed E-state index contributed by atoms with van der Waals surface area (Å²) in [6.45, 7) is 1.94. The van der Waals surface area contributed by atoms with E-state index in [2.05, 4.69) is 10.6 Å². The molecule has 2 N–H and O–H groups in total. The largest absolute Gasteiger partial charge is 0.375 e.